The van der Waals surface area contributed by atoms with Crippen LogP contribution in [0.5, 0.6) is 0 Å². The maximum absolute atomic E-state index is 10.7. The number of anilines is 1. The summed E-state index contributed by atoms with van der Waals surface area (Å²) < 4.78 is 1.04. The van der Waals surface area contributed by atoms with E-state index in [1.165, 1.54) is 0 Å². The van der Waals surface area contributed by atoms with Crippen molar-refractivity contribution in [3.05, 3.63) is 34.9 Å². The molecule has 1 aromatic carbocycles. The third-order valence-corrected chi connectivity index (χ3v) is 6.00. The Labute approximate surface area is 137 Å². The molecule has 0 bridgehead atoms. The second kappa shape index (κ2) is 6.15. The van der Waals surface area contributed by atoms with Crippen LogP contribution in [0.15, 0.2) is 34.9 Å². The molecule has 1 heterocycles. The van der Waals surface area contributed by atoms with Crippen molar-refractivity contribution in [2.45, 2.75) is 30.6 Å². The number of aromatic nitrogens is 1. The second-order valence-electron chi connectivity index (χ2n) is 5.46. The molecule has 1 fully saturated rings. The molecule has 2 N–H and O–H groups in total. The normalized spacial score (nSPS) is 24.8. The van der Waals surface area contributed by atoms with Crippen molar-refractivity contribution >= 4 is 44.3 Å². The summed E-state index contributed by atoms with van der Waals surface area (Å²) in [7, 11) is 0. The molecule has 2 aromatic rings. The number of rotatable bonds is 5. The summed E-state index contributed by atoms with van der Waals surface area (Å²) in [4.78, 5) is 4.38. The molecule has 0 spiro atoms. The third kappa shape index (κ3) is 3.05. The highest BCUT2D eigenvalue weighted by atomic mass is 79.9. The molecule has 2 atom stereocenters. The van der Waals surface area contributed by atoms with Gasteiger partial charge in [-0.2, -0.15) is 11.8 Å². The summed E-state index contributed by atoms with van der Waals surface area (Å²) in [6.45, 7) is 2.74. The van der Waals surface area contributed by atoms with E-state index in [0.717, 1.165) is 39.7 Å². The van der Waals surface area contributed by atoms with E-state index in [2.05, 4.69) is 39.2 Å². The molecule has 112 valence electrons. The minimum atomic E-state index is -0.581. The molecule has 0 saturated heterocycles. The number of thioether (sulfide) groups is 1. The number of benzene rings is 1. The summed E-state index contributed by atoms with van der Waals surface area (Å²) in [5.41, 5.74) is 1.41. The van der Waals surface area contributed by atoms with Crippen LogP contribution in [0.3, 0.4) is 0 Å². The first-order valence-electron chi connectivity index (χ1n) is 7.24. The molecule has 0 aliphatic heterocycles. The van der Waals surface area contributed by atoms with Crippen molar-refractivity contribution in [2.24, 2.45) is 0 Å². The largest absolute Gasteiger partial charge is 0.387 e. The molecule has 1 aromatic heterocycles. The Morgan fingerprint density at radius 1 is 1.48 bits per heavy atom. The van der Waals surface area contributed by atoms with Crippen LogP contribution >= 0.6 is 27.7 Å². The van der Waals surface area contributed by atoms with Gasteiger partial charge < -0.3 is 10.4 Å². The van der Waals surface area contributed by atoms with Gasteiger partial charge in [0, 0.05) is 33.5 Å². The molecule has 0 radical (unpaired) electrons. The van der Waals surface area contributed by atoms with Crippen molar-refractivity contribution in [1.29, 1.82) is 0 Å². The van der Waals surface area contributed by atoms with E-state index >= 15 is 0 Å². The molecular formula is C16H19BrN2OS. The average Bonchev–Trinajstić information content (AvgIpc) is 2.49. The topological polar surface area (TPSA) is 45.1 Å². The highest BCUT2D eigenvalue weighted by Crippen LogP contribution is 2.41. The molecule has 1 aliphatic rings. The lowest BCUT2D eigenvalue weighted by atomic mass is 9.79. The fourth-order valence-corrected chi connectivity index (χ4v) is 4.32. The van der Waals surface area contributed by atoms with Crippen molar-refractivity contribution in [1.82, 2.24) is 4.98 Å². The molecule has 2 unspecified atom stereocenters. The van der Waals surface area contributed by atoms with Crippen LogP contribution in [0.1, 0.15) is 19.8 Å². The summed E-state index contributed by atoms with van der Waals surface area (Å²) in [5.74, 6) is 1.05. The first-order chi connectivity index (χ1) is 10.1. The summed E-state index contributed by atoms with van der Waals surface area (Å²) in [6.07, 6.45) is 3.80. The summed E-state index contributed by atoms with van der Waals surface area (Å²) in [5, 5.41) is 15.5. The first kappa shape index (κ1) is 15.1. The average molecular weight is 367 g/mol. The van der Waals surface area contributed by atoms with Crippen molar-refractivity contribution in [3.8, 4) is 0 Å². The Hall–Kier alpha value is -0.780. The zero-order valence-electron chi connectivity index (χ0n) is 12.0. The van der Waals surface area contributed by atoms with Crippen LogP contribution in [-0.4, -0.2) is 33.2 Å². The first-order valence-corrected chi connectivity index (χ1v) is 9.09. The summed E-state index contributed by atoms with van der Waals surface area (Å²) >= 11 is 5.36. The quantitative estimate of drug-likeness (QED) is 0.837. The number of pyridine rings is 1. The van der Waals surface area contributed by atoms with Gasteiger partial charge in [0.2, 0.25) is 0 Å². The van der Waals surface area contributed by atoms with Gasteiger partial charge in [0.25, 0.3) is 0 Å². The molecular weight excluding hydrogens is 348 g/mol. The number of hydrogen-bond donors (Lipinski definition) is 2. The van der Waals surface area contributed by atoms with E-state index in [-0.39, 0.29) is 0 Å². The Morgan fingerprint density at radius 3 is 3.05 bits per heavy atom. The van der Waals surface area contributed by atoms with E-state index in [4.69, 9.17) is 0 Å². The Kier molecular flexibility index (Phi) is 4.43. The van der Waals surface area contributed by atoms with Gasteiger partial charge in [0.1, 0.15) is 0 Å². The van der Waals surface area contributed by atoms with Crippen LogP contribution < -0.4 is 5.32 Å². The molecule has 3 rings (SSSR count). The number of hydrogen-bond acceptors (Lipinski definition) is 4. The van der Waals surface area contributed by atoms with E-state index in [1.54, 1.807) is 0 Å². The standard InChI is InChI=1S/C16H19BrN2OS/c1-2-21-15-5-7-16(15,20)10-19-14-6-8-18-13-4-3-11(17)9-12(13)14/h3-4,6,8-9,15,20H,2,5,7,10H2,1H3,(H,18,19). The van der Waals surface area contributed by atoms with Crippen LogP contribution in [0.2, 0.25) is 0 Å². The lowest BCUT2D eigenvalue weighted by molar-refractivity contribution is -0.0119. The number of halogens is 1. The van der Waals surface area contributed by atoms with Gasteiger partial charge in [-0.1, -0.05) is 22.9 Å². The van der Waals surface area contributed by atoms with Gasteiger partial charge in [0.15, 0.2) is 0 Å². The van der Waals surface area contributed by atoms with Gasteiger partial charge in [-0.3, -0.25) is 4.98 Å². The minimum Gasteiger partial charge on any atom is -0.387 e. The highest BCUT2D eigenvalue weighted by Gasteiger charge is 2.44. The molecule has 1 saturated carbocycles. The fourth-order valence-electron chi connectivity index (χ4n) is 2.76. The zero-order chi connectivity index (χ0) is 14.9. The van der Waals surface area contributed by atoms with Crippen LogP contribution in [0.4, 0.5) is 5.69 Å². The van der Waals surface area contributed by atoms with Crippen molar-refractivity contribution in [3.63, 3.8) is 0 Å². The van der Waals surface area contributed by atoms with Gasteiger partial charge in [-0.05, 0) is 42.9 Å². The molecule has 3 nitrogen and oxygen atoms in total. The number of fused-ring (bicyclic) bond motifs is 1. The number of nitrogens with zero attached hydrogens (tertiary/aromatic N) is 1. The predicted octanol–water partition coefficient (Wildman–Crippen LogP) is 4.06. The van der Waals surface area contributed by atoms with Gasteiger partial charge in [-0.15, -0.1) is 0 Å². The van der Waals surface area contributed by atoms with Gasteiger partial charge >= 0.3 is 0 Å². The molecule has 21 heavy (non-hydrogen) atoms. The van der Waals surface area contributed by atoms with Crippen molar-refractivity contribution < 1.29 is 5.11 Å². The fraction of sp³-hybridized carbons (Fsp3) is 0.438. The Bertz CT molecular complexity index is 651. The monoisotopic (exact) mass is 366 g/mol. The SMILES string of the molecule is CCSC1CCC1(O)CNc1ccnc2ccc(Br)cc12. The smallest absolute Gasteiger partial charge is 0.0937 e. The Morgan fingerprint density at radius 2 is 2.33 bits per heavy atom. The third-order valence-electron chi connectivity index (χ3n) is 4.10. The lowest BCUT2D eigenvalue weighted by Crippen LogP contribution is -2.54. The zero-order valence-corrected chi connectivity index (χ0v) is 14.4. The number of nitrogens with one attached hydrogen (secondary N) is 1. The minimum absolute atomic E-state index is 0.356. The summed E-state index contributed by atoms with van der Waals surface area (Å²) in [6, 6.07) is 8.03. The maximum atomic E-state index is 10.7. The van der Waals surface area contributed by atoms with E-state index in [9.17, 15) is 5.11 Å². The highest BCUT2D eigenvalue weighted by molar-refractivity contribution is 9.10. The van der Waals surface area contributed by atoms with Crippen LogP contribution in [-0.2, 0) is 0 Å². The maximum Gasteiger partial charge on any atom is 0.0937 e. The molecule has 0 amide bonds. The van der Waals surface area contributed by atoms with E-state index < -0.39 is 5.60 Å². The van der Waals surface area contributed by atoms with Crippen LogP contribution in [0.25, 0.3) is 10.9 Å². The van der Waals surface area contributed by atoms with E-state index in [1.807, 2.05) is 36.2 Å². The van der Waals surface area contributed by atoms with E-state index in [0.29, 0.717) is 11.8 Å². The predicted molar refractivity (Wildman–Crippen MR) is 94.0 cm³/mol. The van der Waals surface area contributed by atoms with Crippen molar-refractivity contribution in [2.75, 3.05) is 17.6 Å². The molecule has 5 heteroatoms. The van der Waals surface area contributed by atoms with Gasteiger partial charge in [0.05, 0.1) is 11.1 Å². The lowest BCUT2D eigenvalue weighted by Gasteiger charge is -2.45. The van der Waals surface area contributed by atoms with Crippen LogP contribution in [0, 0.1) is 0 Å². The number of aliphatic hydroxyl groups is 1. The second-order valence-corrected chi connectivity index (χ2v) is 7.86. The van der Waals surface area contributed by atoms with Gasteiger partial charge in [-0.25, -0.2) is 0 Å². The Balaban J connectivity index is 1.78. The molecule has 1 aliphatic carbocycles.